The van der Waals surface area contributed by atoms with Gasteiger partial charge in [0.25, 0.3) is 5.91 Å². The summed E-state index contributed by atoms with van der Waals surface area (Å²) in [6, 6.07) is 3.16. The highest BCUT2D eigenvalue weighted by atomic mass is 35.5. The number of aromatic nitrogens is 1. The Kier molecular flexibility index (Phi) is 7.71. The van der Waals surface area contributed by atoms with E-state index in [1.807, 2.05) is 13.8 Å². The molecule has 7 heteroatoms. The number of carbonyl (C=O) groups excluding carboxylic acids is 2. The van der Waals surface area contributed by atoms with E-state index in [2.05, 4.69) is 15.6 Å². The van der Waals surface area contributed by atoms with Crippen molar-refractivity contribution in [2.24, 2.45) is 5.73 Å². The van der Waals surface area contributed by atoms with Gasteiger partial charge in [-0.15, -0.1) is 12.4 Å². The third-order valence-corrected chi connectivity index (χ3v) is 2.40. The highest BCUT2D eigenvalue weighted by molar-refractivity contribution is 5.95. The van der Waals surface area contributed by atoms with Crippen LogP contribution in [0.2, 0.25) is 0 Å². The predicted molar refractivity (Wildman–Crippen MR) is 75.5 cm³/mol. The first-order valence-corrected chi connectivity index (χ1v) is 5.82. The summed E-state index contributed by atoms with van der Waals surface area (Å²) < 4.78 is 0. The topological polar surface area (TPSA) is 97.1 Å². The van der Waals surface area contributed by atoms with Crippen molar-refractivity contribution in [2.45, 2.75) is 19.9 Å². The predicted octanol–water partition coefficient (Wildman–Crippen LogP) is 0.330. The number of pyridine rings is 1. The van der Waals surface area contributed by atoms with E-state index in [9.17, 15) is 9.59 Å². The van der Waals surface area contributed by atoms with Crippen LogP contribution in [0, 0.1) is 0 Å². The molecule has 0 aromatic carbocycles. The minimum atomic E-state index is -0.560. The van der Waals surface area contributed by atoms with E-state index in [0.717, 1.165) is 6.54 Å². The third kappa shape index (κ3) is 5.67. The fraction of sp³-hybridized carbons (Fsp3) is 0.417. The van der Waals surface area contributed by atoms with E-state index < -0.39 is 5.91 Å². The van der Waals surface area contributed by atoms with Gasteiger partial charge < -0.3 is 16.4 Å². The first-order chi connectivity index (χ1) is 8.54. The lowest BCUT2D eigenvalue weighted by molar-refractivity contribution is 0.0942. The van der Waals surface area contributed by atoms with Crippen LogP contribution in [0.4, 0.5) is 0 Å². The molecule has 0 unspecified atom stereocenters. The lowest BCUT2D eigenvalue weighted by Gasteiger charge is -2.12. The minimum Gasteiger partial charge on any atom is -0.366 e. The molecule has 0 saturated heterocycles. The molecule has 106 valence electrons. The van der Waals surface area contributed by atoms with Crippen LogP contribution >= 0.6 is 12.4 Å². The first-order valence-electron chi connectivity index (χ1n) is 5.82. The molecule has 0 aliphatic rings. The van der Waals surface area contributed by atoms with Gasteiger partial charge in [-0.25, -0.2) is 0 Å². The Labute approximate surface area is 118 Å². The Hall–Kier alpha value is -1.66. The van der Waals surface area contributed by atoms with Gasteiger partial charge in [-0.1, -0.05) is 6.92 Å². The third-order valence-electron chi connectivity index (χ3n) is 2.40. The van der Waals surface area contributed by atoms with E-state index in [4.69, 9.17) is 5.73 Å². The number of nitrogens with two attached hydrogens (primary N) is 1. The largest absolute Gasteiger partial charge is 0.366 e. The zero-order valence-electron chi connectivity index (χ0n) is 11.0. The van der Waals surface area contributed by atoms with Crippen molar-refractivity contribution < 1.29 is 9.59 Å². The molecular weight excluding hydrogens is 268 g/mol. The summed E-state index contributed by atoms with van der Waals surface area (Å²) >= 11 is 0. The average Bonchev–Trinajstić information content (AvgIpc) is 2.36. The SMILES string of the molecule is CCN[C@H](C)CNC(=O)c1ccc(C(N)=O)cn1.Cl. The lowest BCUT2D eigenvalue weighted by atomic mass is 10.2. The molecule has 0 radical (unpaired) electrons. The number of rotatable bonds is 6. The van der Waals surface area contributed by atoms with Crippen LogP contribution in [-0.4, -0.2) is 35.9 Å². The van der Waals surface area contributed by atoms with Crippen LogP contribution in [0.5, 0.6) is 0 Å². The van der Waals surface area contributed by atoms with Gasteiger partial charge in [-0.05, 0) is 25.6 Å². The Morgan fingerprint density at radius 1 is 1.42 bits per heavy atom. The molecule has 1 aromatic heterocycles. The van der Waals surface area contributed by atoms with Crippen molar-refractivity contribution in [1.82, 2.24) is 15.6 Å². The van der Waals surface area contributed by atoms with E-state index in [0.29, 0.717) is 6.54 Å². The van der Waals surface area contributed by atoms with E-state index >= 15 is 0 Å². The number of hydrogen-bond acceptors (Lipinski definition) is 4. The van der Waals surface area contributed by atoms with Crippen LogP contribution in [0.3, 0.4) is 0 Å². The quantitative estimate of drug-likeness (QED) is 0.702. The Bertz CT molecular complexity index is 422. The minimum absolute atomic E-state index is 0. The van der Waals surface area contributed by atoms with E-state index in [1.54, 1.807) is 0 Å². The molecule has 1 rings (SSSR count). The van der Waals surface area contributed by atoms with Crippen molar-refractivity contribution in [2.75, 3.05) is 13.1 Å². The lowest BCUT2D eigenvalue weighted by Crippen LogP contribution is -2.39. The van der Waals surface area contributed by atoms with Crippen molar-refractivity contribution >= 4 is 24.2 Å². The number of primary amides is 1. The molecule has 1 aromatic rings. The van der Waals surface area contributed by atoms with Crippen LogP contribution in [0.25, 0.3) is 0 Å². The molecule has 0 aliphatic carbocycles. The zero-order valence-corrected chi connectivity index (χ0v) is 11.8. The van der Waals surface area contributed by atoms with Crippen molar-refractivity contribution in [3.05, 3.63) is 29.6 Å². The van der Waals surface area contributed by atoms with Gasteiger partial charge >= 0.3 is 0 Å². The summed E-state index contributed by atoms with van der Waals surface area (Å²) in [5.41, 5.74) is 5.64. The molecule has 1 heterocycles. The summed E-state index contributed by atoms with van der Waals surface area (Å²) in [6.45, 7) is 5.35. The maximum Gasteiger partial charge on any atom is 0.269 e. The van der Waals surface area contributed by atoms with Gasteiger partial charge in [-0.3, -0.25) is 14.6 Å². The standard InChI is InChI=1S/C12H18N4O2.ClH/c1-3-14-8(2)6-16-12(18)10-5-4-9(7-15-10)11(13)17;/h4-5,7-8,14H,3,6H2,1-2H3,(H2,13,17)(H,16,18);1H/t8-;/m1./s1. The smallest absolute Gasteiger partial charge is 0.269 e. The van der Waals surface area contributed by atoms with Crippen LogP contribution in [0.15, 0.2) is 18.3 Å². The number of carbonyl (C=O) groups is 2. The summed E-state index contributed by atoms with van der Waals surface area (Å²) in [5, 5.41) is 5.93. The molecule has 1 atom stereocenters. The van der Waals surface area contributed by atoms with Gasteiger partial charge in [0.15, 0.2) is 0 Å². The van der Waals surface area contributed by atoms with E-state index in [1.165, 1.54) is 18.3 Å². The molecule has 2 amide bonds. The summed E-state index contributed by atoms with van der Waals surface area (Å²) in [7, 11) is 0. The molecule has 0 spiro atoms. The maximum absolute atomic E-state index is 11.7. The number of likely N-dealkylation sites (N-methyl/N-ethyl adjacent to an activating group) is 1. The number of amides is 2. The highest BCUT2D eigenvalue weighted by Crippen LogP contribution is 1.99. The fourth-order valence-corrected chi connectivity index (χ4v) is 1.43. The zero-order chi connectivity index (χ0) is 13.5. The Balaban J connectivity index is 0.00000324. The Morgan fingerprint density at radius 3 is 2.58 bits per heavy atom. The summed E-state index contributed by atoms with van der Waals surface area (Å²) in [6.07, 6.45) is 1.30. The molecule has 6 nitrogen and oxygen atoms in total. The maximum atomic E-state index is 11.7. The van der Waals surface area contributed by atoms with Crippen molar-refractivity contribution in [3.63, 3.8) is 0 Å². The second kappa shape index (κ2) is 8.44. The van der Waals surface area contributed by atoms with Crippen LogP contribution < -0.4 is 16.4 Å². The average molecular weight is 287 g/mol. The summed E-state index contributed by atoms with van der Waals surface area (Å²) in [4.78, 5) is 26.4. The van der Waals surface area contributed by atoms with Gasteiger partial charge in [0, 0.05) is 18.8 Å². The molecule has 0 bridgehead atoms. The van der Waals surface area contributed by atoms with Gasteiger partial charge in [0.1, 0.15) is 5.69 Å². The number of hydrogen-bond donors (Lipinski definition) is 3. The number of nitrogens with one attached hydrogen (secondary N) is 2. The normalized spacial score (nSPS) is 11.3. The second-order valence-electron chi connectivity index (χ2n) is 3.97. The van der Waals surface area contributed by atoms with Crippen molar-refractivity contribution in [3.8, 4) is 0 Å². The molecule has 0 aliphatic heterocycles. The fourth-order valence-electron chi connectivity index (χ4n) is 1.43. The van der Waals surface area contributed by atoms with E-state index in [-0.39, 0.29) is 35.6 Å². The number of halogens is 1. The van der Waals surface area contributed by atoms with Crippen LogP contribution in [-0.2, 0) is 0 Å². The van der Waals surface area contributed by atoms with Crippen LogP contribution in [0.1, 0.15) is 34.7 Å². The molecular formula is C12H19ClN4O2. The second-order valence-corrected chi connectivity index (χ2v) is 3.97. The van der Waals surface area contributed by atoms with Crippen molar-refractivity contribution in [1.29, 1.82) is 0 Å². The molecule has 0 fully saturated rings. The molecule has 4 N–H and O–H groups in total. The van der Waals surface area contributed by atoms with Gasteiger partial charge in [0.05, 0.1) is 5.56 Å². The Morgan fingerprint density at radius 2 is 2.11 bits per heavy atom. The number of nitrogens with zero attached hydrogens (tertiary/aromatic N) is 1. The molecule has 0 saturated carbocycles. The van der Waals surface area contributed by atoms with Gasteiger partial charge in [0.2, 0.25) is 5.91 Å². The monoisotopic (exact) mass is 286 g/mol. The summed E-state index contributed by atoms with van der Waals surface area (Å²) in [5.74, 6) is -0.828. The molecule has 19 heavy (non-hydrogen) atoms. The van der Waals surface area contributed by atoms with Gasteiger partial charge in [-0.2, -0.15) is 0 Å². The highest BCUT2D eigenvalue weighted by Gasteiger charge is 2.09. The first kappa shape index (κ1) is 17.3.